The van der Waals surface area contributed by atoms with Crippen LogP contribution in [0, 0.1) is 0 Å². The van der Waals surface area contributed by atoms with Gasteiger partial charge in [-0.15, -0.1) is 0 Å². The molecule has 37 heavy (non-hydrogen) atoms. The number of aryl methyl sites for hydroxylation is 1. The van der Waals surface area contributed by atoms with Crippen molar-refractivity contribution in [2.45, 2.75) is 25.3 Å². The average Bonchev–Trinajstić information content (AvgIpc) is 3.32. The van der Waals surface area contributed by atoms with Gasteiger partial charge in [0, 0.05) is 40.7 Å². The maximum atomic E-state index is 13.7. The van der Waals surface area contributed by atoms with Gasteiger partial charge < -0.3 is 24.5 Å². The van der Waals surface area contributed by atoms with Crippen molar-refractivity contribution in [3.63, 3.8) is 0 Å². The van der Waals surface area contributed by atoms with Crippen LogP contribution in [0.2, 0.25) is 5.02 Å². The summed E-state index contributed by atoms with van der Waals surface area (Å²) in [5.41, 5.74) is 4.84. The van der Waals surface area contributed by atoms with Crippen molar-refractivity contribution in [1.29, 1.82) is 0 Å². The topological polar surface area (TPSA) is 91.9 Å². The van der Waals surface area contributed by atoms with Crippen molar-refractivity contribution in [2.24, 2.45) is 0 Å². The molecule has 0 saturated heterocycles. The van der Waals surface area contributed by atoms with E-state index in [0.717, 1.165) is 39.8 Å². The third kappa shape index (κ3) is 5.13. The molecular weight excluding hydrogens is 492 g/mol. The largest absolute Gasteiger partial charge is 0.497 e. The predicted octanol–water partition coefficient (Wildman–Crippen LogP) is 5.40. The van der Waals surface area contributed by atoms with Gasteiger partial charge in [-0.2, -0.15) is 0 Å². The molecule has 0 spiro atoms. The van der Waals surface area contributed by atoms with E-state index in [4.69, 9.17) is 21.1 Å². The minimum absolute atomic E-state index is 0.000842. The highest BCUT2D eigenvalue weighted by atomic mass is 35.5. The number of hydrogen-bond donors (Lipinski definition) is 2. The van der Waals surface area contributed by atoms with Crippen molar-refractivity contribution in [1.82, 2.24) is 9.88 Å². The summed E-state index contributed by atoms with van der Waals surface area (Å²) in [5.74, 6) is 0.0893. The molecule has 8 heteroatoms. The number of nitrogens with zero attached hydrogens (tertiary/aromatic N) is 1. The quantitative estimate of drug-likeness (QED) is 0.326. The zero-order chi connectivity index (χ0) is 25.9. The van der Waals surface area contributed by atoms with Crippen LogP contribution in [-0.2, 0) is 22.4 Å². The Morgan fingerprint density at radius 2 is 1.95 bits per heavy atom. The van der Waals surface area contributed by atoms with Gasteiger partial charge in [0.1, 0.15) is 11.5 Å². The number of carbonyl (C=O) groups is 2. The number of hydrogen-bond acceptors (Lipinski definition) is 4. The summed E-state index contributed by atoms with van der Waals surface area (Å²) in [4.78, 5) is 30.1. The molecular formula is C29H27ClN2O5. The van der Waals surface area contributed by atoms with Gasteiger partial charge >= 0.3 is 5.97 Å². The Labute approximate surface area is 219 Å². The summed E-state index contributed by atoms with van der Waals surface area (Å²) in [5, 5.41) is 10.7. The van der Waals surface area contributed by atoms with Crippen LogP contribution in [0.15, 0.2) is 66.9 Å². The lowest BCUT2D eigenvalue weighted by Crippen LogP contribution is -2.41. The van der Waals surface area contributed by atoms with Gasteiger partial charge in [0.25, 0.3) is 0 Å². The van der Waals surface area contributed by atoms with E-state index in [-0.39, 0.29) is 5.91 Å². The molecule has 190 valence electrons. The van der Waals surface area contributed by atoms with Gasteiger partial charge in [-0.05, 0) is 65.9 Å². The maximum Gasteiger partial charge on any atom is 0.341 e. The Hall–Kier alpha value is -3.97. The summed E-state index contributed by atoms with van der Waals surface area (Å²) in [6.45, 7) is 0.0497. The first-order valence-electron chi connectivity index (χ1n) is 12.1. The van der Waals surface area contributed by atoms with Crippen LogP contribution in [0.5, 0.6) is 11.5 Å². The van der Waals surface area contributed by atoms with Crippen LogP contribution >= 0.6 is 11.6 Å². The second kappa shape index (κ2) is 10.6. The highest BCUT2D eigenvalue weighted by molar-refractivity contribution is 6.30. The molecule has 0 saturated carbocycles. The average molecular weight is 519 g/mol. The molecule has 1 aliphatic rings. The lowest BCUT2D eigenvalue weighted by Gasteiger charge is -2.38. The first-order chi connectivity index (χ1) is 17.9. The number of carboxylic acids is 1. The number of nitrogens with one attached hydrogen (secondary N) is 1. The normalized spacial score (nSPS) is 14.9. The van der Waals surface area contributed by atoms with Crippen molar-refractivity contribution >= 4 is 34.4 Å². The zero-order valence-corrected chi connectivity index (χ0v) is 21.1. The van der Waals surface area contributed by atoms with E-state index in [0.29, 0.717) is 35.7 Å². The summed E-state index contributed by atoms with van der Waals surface area (Å²) in [6, 6.07) is 18.5. The van der Waals surface area contributed by atoms with Gasteiger partial charge in [0.15, 0.2) is 6.61 Å². The minimum Gasteiger partial charge on any atom is -0.497 e. The Morgan fingerprint density at radius 1 is 1.11 bits per heavy atom. The number of fused-ring (bicyclic) bond motifs is 2. The van der Waals surface area contributed by atoms with Crippen LogP contribution in [0.4, 0.5) is 0 Å². The van der Waals surface area contributed by atoms with Crippen molar-refractivity contribution in [3.8, 4) is 11.5 Å². The number of methoxy groups -OCH3 is 1. The molecule has 2 N–H and O–H groups in total. The lowest BCUT2D eigenvalue weighted by molar-refractivity contribution is -0.139. The monoisotopic (exact) mass is 518 g/mol. The number of aromatic nitrogens is 1. The van der Waals surface area contributed by atoms with Crippen LogP contribution in [-0.4, -0.2) is 47.1 Å². The molecule has 7 nitrogen and oxygen atoms in total. The van der Waals surface area contributed by atoms with Crippen LogP contribution in [0.25, 0.3) is 10.9 Å². The maximum absolute atomic E-state index is 13.7. The lowest BCUT2D eigenvalue weighted by atomic mass is 9.87. The van der Waals surface area contributed by atoms with Crippen LogP contribution < -0.4 is 9.47 Å². The number of carbonyl (C=O) groups excluding carboxylic acids is 1. The third-order valence-electron chi connectivity index (χ3n) is 6.80. The van der Waals surface area contributed by atoms with Crippen LogP contribution in [0.1, 0.15) is 34.7 Å². The molecule has 0 fully saturated rings. The Balaban J connectivity index is 1.47. The molecule has 1 amide bonds. The van der Waals surface area contributed by atoms with E-state index in [1.54, 1.807) is 25.3 Å². The second-order valence-electron chi connectivity index (χ2n) is 9.03. The number of rotatable bonds is 8. The molecule has 0 radical (unpaired) electrons. The zero-order valence-electron chi connectivity index (χ0n) is 20.4. The van der Waals surface area contributed by atoms with Gasteiger partial charge in [-0.25, -0.2) is 4.79 Å². The fraction of sp³-hybridized carbons (Fsp3) is 0.241. The Morgan fingerprint density at radius 3 is 2.76 bits per heavy atom. The second-order valence-corrected chi connectivity index (χ2v) is 9.46. The van der Waals surface area contributed by atoms with E-state index in [1.165, 1.54) is 0 Å². The van der Waals surface area contributed by atoms with Gasteiger partial charge in [-0.1, -0.05) is 35.9 Å². The SMILES string of the molecule is COc1ccc2[nH]cc(CCC(=O)N3CCc4ccccc4C3c3cc(Cl)ccc3OCC(=O)O)c2c1. The summed E-state index contributed by atoms with van der Waals surface area (Å²) in [6.07, 6.45) is 3.55. The molecule has 0 aliphatic carbocycles. The van der Waals surface area contributed by atoms with Crippen molar-refractivity contribution in [3.05, 3.63) is 94.1 Å². The molecule has 3 aromatic carbocycles. The molecule has 2 heterocycles. The fourth-order valence-electron chi connectivity index (χ4n) is 5.05. The standard InChI is InChI=1S/C29H27ClN2O5/c1-36-21-8-9-25-23(15-21)19(16-31-25)6-11-27(33)32-13-12-18-4-2-3-5-22(18)29(32)24-14-20(30)7-10-26(24)37-17-28(34)35/h2-5,7-10,14-16,29,31H,6,11-13,17H2,1H3,(H,34,35). The molecule has 4 aromatic rings. The Bertz CT molecular complexity index is 1460. The number of H-pyrrole nitrogens is 1. The van der Waals surface area contributed by atoms with E-state index < -0.39 is 18.6 Å². The first-order valence-corrected chi connectivity index (χ1v) is 12.5. The summed E-state index contributed by atoms with van der Waals surface area (Å²) in [7, 11) is 1.63. The molecule has 1 atom stereocenters. The van der Waals surface area contributed by atoms with Gasteiger partial charge in [-0.3, -0.25) is 4.79 Å². The summed E-state index contributed by atoms with van der Waals surface area (Å²) >= 11 is 6.37. The summed E-state index contributed by atoms with van der Waals surface area (Å²) < 4.78 is 11.0. The minimum atomic E-state index is -1.08. The molecule has 1 aromatic heterocycles. The number of halogens is 1. The number of aromatic amines is 1. The van der Waals surface area contributed by atoms with E-state index in [9.17, 15) is 14.7 Å². The molecule has 5 rings (SSSR count). The van der Waals surface area contributed by atoms with Crippen molar-refractivity contribution in [2.75, 3.05) is 20.3 Å². The molecule has 1 aliphatic heterocycles. The predicted molar refractivity (Wildman–Crippen MR) is 141 cm³/mol. The number of benzene rings is 3. The highest BCUT2D eigenvalue weighted by Crippen LogP contribution is 2.41. The Kier molecular flexibility index (Phi) is 7.06. The van der Waals surface area contributed by atoms with E-state index >= 15 is 0 Å². The third-order valence-corrected chi connectivity index (χ3v) is 7.04. The van der Waals surface area contributed by atoms with E-state index in [1.807, 2.05) is 47.5 Å². The smallest absolute Gasteiger partial charge is 0.341 e. The first kappa shape index (κ1) is 24.7. The van der Waals surface area contributed by atoms with Crippen LogP contribution in [0.3, 0.4) is 0 Å². The number of aliphatic carboxylic acids is 1. The van der Waals surface area contributed by atoms with E-state index in [2.05, 4.69) is 11.1 Å². The molecule has 0 bridgehead atoms. The highest BCUT2D eigenvalue weighted by Gasteiger charge is 2.34. The van der Waals surface area contributed by atoms with Gasteiger partial charge in [0.05, 0.1) is 13.2 Å². The van der Waals surface area contributed by atoms with Crippen molar-refractivity contribution < 1.29 is 24.2 Å². The molecule has 1 unspecified atom stereocenters. The number of carboxylic acid groups (broad SMARTS) is 1. The van der Waals surface area contributed by atoms with Gasteiger partial charge in [0.2, 0.25) is 5.91 Å². The fourth-order valence-corrected chi connectivity index (χ4v) is 5.23. The number of amides is 1. The number of ether oxygens (including phenoxy) is 2.